The zero-order chi connectivity index (χ0) is 13.0. The quantitative estimate of drug-likeness (QED) is 0.595. The molecular formula is C16H13BrO. The molecule has 0 bridgehead atoms. The largest absolute Gasteiger partial charge is 0.289 e. The molecule has 2 rings (SSSR count). The van der Waals surface area contributed by atoms with Crippen molar-refractivity contribution in [2.45, 2.75) is 6.92 Å². The Bertz CT molecular complexity index is 600. The average Bonchev–Trinajstić information content (AvgIpc) is 2.37. The second-order valence-electron chi connectivity index (χ2n) is 4.07. The van der Waals surface area contributed by atoms with Crippen molar-refractivity contribution >= 4 is 27.8 Å². The van der Waals surface area contributed by atoms with Gasteiger partial charge in [-0.1, -0.05) is 58.4 Å². The zero-order valence-electron chi connectivity index (χ0n) is 10.1. The van der Waals surface area contributed by atoms with Crippen LogP contribution >= 0.6 is 15.9 Å². The molecular weight excluding hydrogens is 288 g/mol. The normalized spacial score (nSPS) is 10.8. The molecule has 0 saturated heterocycles. The number of halogens is 1. The maximum Gasteiger partial charge on any atom is 0.186 e. The van der Waals surface area contributed by atoms with Gasteiger partial charge in [0.15, 0.2) is 5.78 Å². The number of hydrogen-bond acceptors (Lipinski definition) is 1. The molecule has 2 aromatic rings. The van der Waals surface area contributed by atoms with Gasteiger partial charge in [0.25, 0.3) is 0 Å². The summed E-state index contributed by atoms with van der Waals surface area (Å²) >= 11 is 3.41. The van der Waals surface area contributed by atoms with Crippen LogP contribution in [0.15, 0.2) is 59.1 Å². The van der Waals surface area contributed by atoms with E-state index in [2.05, 4.69) is 15.9 Å². The summed E-state index contributed by atoms with van der Waals surface area (Å²) in [5.41, 5.74) is 2.76. The van der Waals surface area contributed by atoms with Crippen LogP contribution in [0.5, 0.6) is 0 Å². The van der Waals surface area contributed by atoms with Crippen LogP contribution < -0.4 is 0 Å². The van der Waals surface area contributed by atoms with E-state index in [1.807, 2.05) is 61.5 Å². The van der Waals surface area contributed by atoms with Crippen molar-refractivity contribution in [1.82, 2.24) is 0 Å². The molecule has 0 N–H and O–H groups in total. The van der Waals surface area contributed by atoms with Crippen LogP contribution in [-0.2, 0) is 0 Å². The summed E-state index contributed by atoms with van der Waals surface area (Å²) < 4.78 is 1.01. The summed E-state index contributed by atoms with van der Waals surface area (Å²) in [5.74, 6) is 0.0353. The molecule has 0 amide bonds. The van der Waals surface area contributed by atoms with Crippen molar-refractivity contribution in [2.24, 2.45) is 0 Å². The van der Waals surface area contributed by atoms with Gasteiger partial charge < -0.3 is 0 Å². The van der Waals surface area contributed by atoms with Crippen molar-refractivity contribution < 1.29 is 4.79 Å². The SMILES string of the molecule is Cc1ccccc1C(=O)/C=C/c1cccc(Br)c1. The summed E-state index contributed by atoms with van der Waals surface area (Å²) in [4.78, 5) is 12.0. The standard InChI is InChI=1S/C16H13BrO/c1-12-5-2-3-8-15(12)16(18)10-9-13-6-4-7-14(17)11-13/h2-11H,1H3/b10-9+. The first-order valence-corrected chi connectivity index (χ1v) is 6.50. The van der Waals surface area contributed by atoms with E-state index in [-0.39, 0.29) is 5.78 Å². The molecule has 0 saturated carbocycles. The highest BCUT2D eigenvalue weighted by Crippen LogP contribution is 2.14. The second kappa shape index (κ2) is 5.78. The number of aryl methyl sites for hydroxylation is 1. The highest BCUT2D eigenvalue weighted by atomic mass is 79.9. The number of benzene rings is 2. The van der Waals surface area contributed by atoms with E-state index in [0.29, 0.717) is 0 Å². The first kappa shape index (κ1) is 12.8. The van der Waals surface area contributed by atoms with Crippen molar-refractivity contribution in [1.29, 1.82) is 0 Å². The minimum Gasteiger partial charge on any atom is -0.289 e. The van der Waals surface area contributed by atoms with Crippen molar-refractivity contribution in [3.05, 3.63) is 75.8 Å². The number of hydrogen-bond donors (Lipinski definition) is 0. The van der Waals surface area contributed by atoms with E-state index in [9.17, 15) is 4.79 Å². The molecule has 0 aromatic heterocycles. The van der Waals surface area contributed by atoms with Gasteiger partial charge in [0, 0.05) is 10.0 Å². The van der Waals surface area contributed by atoms with Crippen LogP contribution in [0.4, 0.5) is 0 Å². The van der Waals surface area contributed by atoms with Crippen LogP contribution in [0.2, 0.25) is 0 Å². The molecule has 0 atom stereocenters. The molecule has 0 radical (unpaired) electrons. The maximum absolute atomic E-state index is 12.0. The molecule has 2 heteroatoms. The van der Waals surface area contributed by atoms with Crippen LogP contribution in [0.25, 0.3) is 6.08 Å². The molecule has 90 valence electrons. The van der Waals surface area contributed by atoms with E-state index in [0.717, 1.165) is 21.2 Å². The molecule has 1 nitrogen and oxygen atoms in total. The molecule has 0 fully saturated rings. The fourth-order valence-electron chi connectivity index (χ4n) is 1.72. The van der Waals surface area contributed by atoms with E-state index in [4.69, 9.17) is 0 Å². The predicted octanol–water partition coefficient (Wildman–Crippen LogP) is 4.65. The van der Waals surface area contributed by atoms with Crippen LogP contribution in [0.1, 0.15) is 21.5 Å². The Morgan fingerprint density at radius 3 is 2.61 bits per heavy atom. The molecule has 0 aliphatic heterocycles. The van der Waals surface area contributed by atoms with Gasteiger partial charge in [-0.3, -0.25) is 4.79 Å². The summed E-state index contributed by atoms with van der Waals surface area (Å²) in [5, 5.41) is 0. The lowest BCUT2D eigenvalue weighted by Crippen LogP contribution is -1.96. The molecule has 0 spiro atoms. The van der Waals surface area contributed by atoms with E-state index in [1.54, 1.807) is 6.08 Å². The van der Waals surface area contributed by atoms with Crippen LogP contribution in [0, 0.1) is 6.92 Å². The molecule has 0 aliphatic rings. The van der Waals surface area contributed by atoms with Crippen molar-refractivity contribution in [3.63, 3.8) is 0 Å². The third-order valence-electron chi connectivity index (χ3n) is 2.69. The number of carbonyl (C=O) groups is 1. The predicted molar refractivity (Wildman–Crippen MR) is 78.7 cm³/mol. The van der Waals surface area contributed by atoms with Gasteiger partial charge in [0.05, 0.1) is 0 Å². The van der Waals surface area contributed by atoms with Gasteiger partial charge in [-0.05, 0) is 36.3 Å². The summed E-state index contributed by atoms with van der Waals surface area (Å²) in [7, 11) is 0. The molecule has 0 aliphatic carbocycles. The second-order valence-corrected chi connectivity index (χ2v) is 4.98. The maximum atomic E-state index is 12.0. The van der Waals surface area contributed by atoms with Gasteiger partial charge >= 0.3 is 0 Å². The van der Waals surface area contributed by atoms with Gasteiger partial charge in [-0.25, -0.2) is 0 Å². The number of ketones is 1. The van der Waals surface area contributed by atoms with E-state index >= 15 is 0 Å². The number of allylic oxidation sites excluding steroid dienone is 1. The Balaban J connectivity index is 2.20. The van der Waals surface area contributed by atoms with E-state index in [1.165, 1.54) is 0 Å². The van der Waals surface area contributed by atoms with Gasteiger partial charge in [0.1, 0.15) is 0 Å². The first-order valence-electron chi connectivity index (χ1n) is 5.70. The highest BCUT2D eigenvalue weighted by Gasteiger charge is 2.03. The van der Waals surface area contributed by atoms with Gasteiger partial charge in [0.2, 0.25) is 0 Å². The first-order chi connectivity index (χ1) is 8.66. The number of rotatable bonds is 3. The van der Waals surface area contributed by atoms with Crippen molar-refractivity contribution in [2.75, 3.05) is 0 Å². The molecule has 0 unspecified atom stereocenters. The van der Waals surface area contributed by atoms with Crippen molar-refractivity contribution in [3.8, 4) is 0 Å². The van der Waals surface area contributed by atoms with Gasteiger partial charge in [-0.2, -0.15) is 0 Å². The van der Waals surface area contributed by atoms with Gasteiger partial charge in [-0.15, -0.1) is 0 Å². The Morgan fingerprint density at radius 1 is 1.11 bits per heavy atom. The highest BCUT2D eigenvalue weighted by molar-refractivity contribution is 9.10. The Hall–Kier alpha value is -1.67. The molecule has 18 heavy (non-hydrogen) atoms. The summed E-state index contributed by atoms with van der Waals surface area (Å²) in [6.45, 7) is 1.94. The lowest BCUT2D eigenvalue weighted by molar-refractivity contribution is 0.104. The molecule has 2 aromatic carbocycles. The third-order valence-corrected chi connectivity index (χ3v) is 3.18. The lowest BCUT2D eigenvalue weighted by Gasteiger charge is -2.00. The fraction of sp³-hybridized carbons (Fsp3) is 0.0625. The fourth-order valence-corrected chi connectivity index (χ4v) is 2.14. The minimum atomic E-state index is 0.0353. The Morgan fingerprint density at radius 2 is 1.89 bits per heavy atom. The minimum absolute atomic E-state index is 0.0353. The zero-order valence-corrected chi connectivity index (χ0v) is 11.6. The third kappa shape index (κ3) is 3.17. The monoisotopic (exact) mass is 300 g/mol. The lowest BCUT2D eigenvalue weighted by atomic mass is 10.0. The smallest absolute Gasteiger partial charge is 0.186 e. The van der Waals surface area contributed by atoms with Crippen LogP contribution in [-0.4, -0.2) is 5.78 Å². The average molecular weight is 301 g/mol. The number of carbonyl (C=O) groups excluding carboxylic acids is 1. The summed E-state index contributed by atoms with van der Waals surface area (Å²) in [6.07, 6.45) is 3.45. The summed E-state index contributed by atoms with van der Waals surface area (Å²) in [6, 6.07) is 15.5. The Labute approximate surface area is 115 Å². The Kier molecular flexibility index (Phi) is 4.11. The van der Waals surface area contributed by atoms with E-state index < -0.39 is 0 Å². The molecule has 0 heterocycles. The topological polar surface area (TPSA) is 17.1 Å². The van der Waals surface area contributed by atoms with Crippen LogP contribution in [0.3, 0.4) is 0 Å².